The molecule has 0 atom stereocenters. The van der Waals surface area contributed by atoms with Crippen molar-refractivity contribution in [1.82, 2.24) is 5.32 Å². The summed E-state index contributed by atoms with van der Waals surface area (Å²) in [4.78, 5) is 0. The van der Waals surface area contributed by atoms with E-state index in [9.17, 15) is 0 Å². The Morgan fingerprint density at radius 3 is 2.27 bits per heavy atom. The summed E-state index contributed by atoms with van der Waals surface area (Å²) in [5, 5.41) is 3.29. The summed E-state index contributed by atoms with van der Waals surface area (Å²) in [6.07, 6.45) is 5.04. The van der Waals surface area contributed by atoms with Gasteiger partial charge in [0.1, 0.15) is 0 Å². The highest BCUT2D eigenvalue weighted by Crippen LogP contribution is 2.06. The van der Waals surface area contributed by atoms with Crippen LogP contribution in [0.1, 0.15) is 25.7 Å². The van der Waals surface area contributed by atoms with Gasteiger partial charge in [-0.1, -0.05) is 19.3 Å². The molecule has 0 rings (SSSR count). The van der Waals surface area contributed by atoms with E-state index in [0.717, 1.165) is 25.7 Å². The average molecular weight is 234 g/mol. The monoisotopic (exact) mass is 234 g/mol. The van der Waals surface area contributed by atoms with Crippen LogP contribution in [-0.2, 0) is 8.85 Å². The molecule has 5 heteroatoms. The van der Waals surface area contributed by atoms with Gasteiger partial charge in [0.05, 0.1) is 0 Å². The maximum Gasteiger partial charge on any atom is 0.320 e. The van der Waals surface area contributed by atoms with E-state index in [2.05, 4.69) is 5.32 Å². The lowest BCUT2D eigenvalue weighted by Gasteiger charge is -2.10. The van der Waals surface area contributed by atoms with Gasteiger partial charge in [0.15, 0.2) is 0 Å². The van der Waals surface area contributed by atoms with Gasteiger partial charge >= 0.3 is 9.28 Å². The predicted molar refractivity (Wildman–Crippen MR) is 66.4 cm³/mol. The van der Waals surface area contributed by atoms with Crippen LogP contribution in [0.4, 0.5) is 0 Å². The number of unbranched alkanes of at least 4 members (excludes halogenated alkanes) is 3. The first-order valence-corrected chi connectivity index (χ1v) is 7.57. The largest absolute Gasteiger partial charge is 0.400 e. The van der Waals surface area contributed by atoms with Crippen LogP contribution >= 0.6 is 0 Å². The fourth-order valence-electron chi connectivity index (χ4n) is 1.47. The third kappa shape index (κ3) is 10.3. The van der Waals surface area contributed by atoms with Crippen molar-refractivity contribution >= 4 is 9.28 Å². The molecule has 4 nitrogen and oxygen atoms in total. The van der Waals surface area contributed by atoms with Gasteiger partial charge in [-0.2, -0.15) is 0 Å². The predicted octanol–water partition coefficient (Wildman–Crippen LogP) is 0.608. The van der Waals surface area contributed by atoms with Crippen molar-refractivity contribution in [2.24, 2.45) is 5.73 Å². The van der Waals surface area contributed by atoms with E-state index in [1.165, 1.54) is 25.7 Å². The minimum atomic E-state index is -1.29. The van der Waals surface area contributed by atoms with E-state index in [-0.39, 0.29) is 0 Å². The number of nitrogens with one attached hydrogen (secondary N) is 1. The highest BCUT2D eigenvalue weighted by atomic mass is 28.3. The van der Waals surface area contributed by atoms with Crippen LogP contribution in [0, 0.1) is 0 Å². The number of nitrogens with two attached hydrogens (primary N) is 1. The fraction of sp³-hybridized carbons (Fsp3) is 1.00. The van der Waals surface area contributed by atoms with Gasteiger partial charge in [-0.25, -0.2) is 0 Å². The first kappa shape index (κ1) is 15.1. The second-order valence-electron chi connectivity index (χ2n) is 3.64. The molecule has 15 heavy (non-hydrogen) atoms. The molecule has 0 aromatic heterocycles. The minimum Gasteiger partial charge on any atom is -0.400 e. The molecule has 0 aliphatic heterocycles. The van der Waals surface area contributed by atoms with Crippen LogP contribution in [0.3, 0.4) is 0 Å². The zero-order chi connectivity index (χ0) is 11.4. The molecular formula is C10H26N2O2Si. The zero-order valence-electron chi connectivity index (χ0n) is 10.1. The lowest BCUT2D eigenvalue weighted by Crippen LogP contribution is -2.23. The molecule has 0 bridgehead atoms. The van der Waals surface area contributed by atoms with Gasteiger partial charge in [0.2, 0.25) is 0 Å². The van der Waals surface area contributed by atoms with Crippen LogP contribution < -0.4 is 11.1 Å². The van der Waals surface area contributed by atoms with Gasteiger partial charge < -0.3 is 19.9 Å². The van der Waals surface area contributed by atoms with Crippen LogP contribution in [0.2, 0.25) is 6.04 Å². The lowest BCUT2D eigenvalue weighted by atomic mass is 10.2. The third-order valence-electron chi connectivity index (χ3n) is 2.39. The molecule has 0 amide bonds. The number of rotatable bonds is 11. The van der Waals surface area contributed by atoms with Crippen LogP contribution in [-0.4, -0.2) is 43.1 Å². The third-order valence-corrected chi connectivity index (χ3v) is 4.32. The molecule has 0 aliphatic rings. The molecule has 0 aromatic rings. The first-order chi connectivity index (χ1) is 7.35. The number of hydrogen-bond donors (Lipinski definition) is 2. The van der Waals surface area contributed by atoms with E-state index in [0.29, 0.717) is 0 Å². The normalized spacial score (nSPS) is 11.2. The summed E-state index contributed by atoms with van der Waals surface area (Å²) in [5.74, 6) is 0. The summed E-state index contributed by atoms with van der Waals surface area (Å²) < 4.78 is 10.5. The molecule has 3 N–H and O–H groups in total. The SMILES string of the molecule is CO[SiH](CCCCCCNCCN)OC. The highest BCUT2D eigenvalue weighted by Gasteiger charge is 2.07. The van der Waals surface area contributed by atoms with Crippen molar-refractivity contribution in [2.45, 2.75) is 31.7 Å². The average Bonchev–Trinajstić information content (AvgIpc) is 2.27. The van der Waals surface area contributed by atoms with Crippen molar-refractivity contribution in [1.29, 1.82) is 0 Å². The topological polar surface area (TPSA) is 56.5 Å². The second kappa shape index (κ2) is 12.1. The minimum absolute atomic E-state index is 0.731. The molecule has 0 fully saturated rings. The molecule has 0 saturated carbocycles. The molecule has 0 radical (unpaired) electrons. The maximum atomic E-state index is 5.37. The molecular weight excluding hydrogens is 208 g/mol. The summed E-state index contributed by atoms with van der Waals surface area (Å²) in [5.41, 5.74) is 5.37. The highest BCUT2D eigenvalue weighted by molar-refractivity contribution is 6.44. The van der Waals surface area contributed by atoms with E-state index >= 15 is 0 Å². The molecule has 0 aliphatic carbocycles. The Morgan fingerprint density at radius 2 is 1.67 bits per heavy atom. The first-order valence-electron chi connectivity index (χ1n) is 5.81. The van der Waals surface area contributed by atoms with Crippen molar-refractivity contribution in [3.05, 3.63) is 0 Å². The van der Waals surface area contributed by atoms with Crippen LogP contribution in [0.15, 0.2) is 0 Å². The Labute approximate surface area is 95.4 Å². The molecule has 0 spiro atoms. The number of hydrogen-bond acceptors (Lipinski definition) is 4. The second-order valence-corrected chi connectivity index (χ2v) is 6.02. The summed E-state index contributed by atoms with van der Waals surface area (Å²) >= 11 is 0. The lowest BCUT2D eigenvalue weighted by molar-refractivity contribution is 0.276. The molecule has 0 unspecified atom stereocenters. The quantitative estimate of drug-likeness (QED) is 0.406. The Morgan fingerprint density at radius 1 is 1.00 bits per heavy atom. The molecule has 0 saturated heterocycles. The summed E-state index contributed by atoms with van der Waals surface area (Å²) in [7, 11) is 2.20. The van der Waals surface area contributed by atoms with Gasteiger partial charge in [-0.3, -0.25) is 0 Å². The molecule has 92 valence electrons. The molecule has 0 aromatic carbocycles. The van der Waals surface area contributed by atoms with Gasteiger partial charge in [-0.05, 0) is 19.0 Å². The molecule has 0 heterocycles. The van der Waals surface area contributed by atoms with Crippen molar-refractivity contribution in [3.63, 3.8) is 0 Å². The Kier molecular flexibility index (Phi) is 12.2. The van der Waals surface area contributed by atoms with Crippen molar-refractivity contribution in [3.8, 4) is 0 Å². The summed E-state index contributed by atoms with van der Waals surface area (Å²) in [6, 6.07) is 1.13. The smallest absolute Gasteiger partial charge is 0.320 e. The van der Waals surface area contributed by atoms with E-state index < -0.39 is 9.28 Å². The zero-order valence-corrected chi connectivity index (χ0v) is 11.3. The van der Waals surface area contributed by atoms with Crippen LogP contribution in [0.25, 0.3) is 0 Å². The summed E-state index contributed by atoms with van der Waals surface area (Å²) in [6.45, 7) is 2.75. The van der Waals surface area contributed by atoms with E-state index in [1.807, 2.05) is 0 Å². The van der Waals surface area contributed by atoms with E-state index in [1.54, 1.807) is 14.2 Å². The Bertz CT molecular complexity index is 124. The standard InChI is InChI=1S/C10H26N2O2Si/c1-13-15(14-2)10-6-4-3-5-8-12-9-7-11/h12,15H,3-11H2,1-2H3. The maximum absolute atomic E-state index is 5.37. The van der Waals surface area contributed by atoms with Gasteiger partial charge in [-0.15, -0.1) is 0 Å². The van der Waals surface area contributed by atoms with E-state index in [4.69, 9.17) is 14.6 Å². The Balaban J connectivity index is 3.04. The Hall–Kier alpha value is 0.0569. The van der Waals surface area contributed by atoms with Crippen LogP contribution in [0.5, 0.6) is 0 Å². The van der Waals surface area contributed by atoms with Crippen molar-refractivity contribution < 1.29 is 8.85 Å². The fourth-order valence-corrected chi connectivity index (χ4v) is 2.76. The van der Waals surface area contributed by atoms with Crippen molar-refractivity contribution in [2.75, 3.05) is 33.9 Å². The van der Waals surface area contributed by atoms with Gasteiger partial charge in [0.25, 0.3) is 0 Å². The van der Waals surface area contributed by atoms with Gasteiger partial charge in [0, 0.05) is 27.3 Å².